The van der Waals surface area contributed by atoms with Crippen molar-refractivity contribution in [1.29, 1.82) is 0 Å². The van der Waals surface area contributed by atoms with Crippen LogP contribution in [0, 0.1) is 0 Å². The van der Waals surface area contributed by atoms with E-state index in [1.54, 1.807) is 18.2 Å². The lowest BCUT2D eigenvalue weighted by Gasteiger charge is -2.12. The molecule has 0 aliphatic heterocycles. The van der Waals surface area contributed by atoms with E-state index < -0.39 is 17.7 Å². The summed E-state index contributed by atoms with van der Waals surface area (Å²) in [6.45, 7) is 0.0223. The lowest BCUT2D eigenvalue weighted by atomic mass is 10.1. The van der Waals surface area contributed by atoms with Crippen molar-refractivity contribution in [2.75, 3.05) is 7.11 Å². The summed E-state index contributed by atoms with van der Waals surface area (Å²) < 4.78 is 48.5. The first-order valence-corrected chi connectivity index (χ1v) is 7.75. The molecule has 0 radical (unpaired) electrons. The van der Waals surface area contributed by atoms with Crippen molar-refractivity contribution in [1.82, 2.24) is 0 Å². The Hall–Kier alpha value is -1.73. The first-order chi connectivity index (χ1) is 11.2. The number of ether oxygens (including phenoxy) is 2. The van der Waals surface area contributed by atoms with Gasteiger partial charge >= 0.3 is 12.1 Å². The van der Waals surface area contributed by atoms with Gasteiger partial charge < -0.3 is 9.47 Å². The van der Waals surface area contributed by atoms with Crippen LogP contribution in [-0.4, -0.2) is 13.1 Å². The monoisotopic (exact) mass is 422 g/mol. The number of alkyl halides is 3. The third kappa shape index (κ3) is 4.64. The Morgan fingerprint density at radius 2 is 1.92 bits per heavy atom. The molecule has 0 fully saturated rings. The molecule has 8 heteroatoms. The van der Waals surface area contributed by atoms with Crippen LogP contribution in [-0.2, 0) is 17.5 Å². The molecule has 3 nitrogen and oxygen atoms in total. The summed E-state index contributed by atoms with van der Waals surface area (Å²) >= 11 is 9.10. The highest BCUT2D eigenvalue weighted by molar-refractivity contribution is 9.10. The van der Waals surface area contributed by atoms with Gasteiger partial charge in [0.25, 0.3) is 0 Å². The Balaban J connectivity index is 2.17. The summed E-state index contributed by atoms with van der Waals surface area (Å²) in [6, 6.07) is 7.71. The van der Waals surface area contributed by atoms with Gasteiger partial charge in [-0.1, -0.05) is 27.5 Å². The maximum Gasteiger partial charge on any atom is 0.416 e. The third-order valence-corrected chi connectivity index (χ3v) is 3.79. The number of hydrogen-bond donors (Lipinski definition) is 0. The number of carbonyl (C=O) groups is 1. The maximum atomic E-state index is 12.6. The molecule has 0 heterocycles. The first kappa shape index (κ1) is 18.6. The van der Waals surface area contributed by atoms with Crippen LogP contribution in [0.5, 0.6) is 5.75 Å². The Labute approximate surface area is 149 Å². The highest BCUT2D eigenvalue weighted by Gasteiger charge is 2.31. The first-order valence-electron chi connectivity index (χ1n) is 6.58. The van der Waals surface area contributed by atoms with Gasteiger partial charge in [-0.15, -0.1) is 0 Å². The van der Waals surface area contributed by atoms with Crippen molar-refractivity contribution in [3.05, 3.63) is 62.6 Å². The highest BCUT2D eigenvalue weighted by Crippen LogP contribution is 2.35. The molecule has 2 rings (SSSR count). The van der Waals surface area contributed by atoms with Gasteiger partial charge in [0.15, 0.2) is 0 Å². The Morgan fingerprint density at radius 1 is 1.21 bits per heavy atom. The number of benzene rings is 2. The second kappa shape index (κ2) is 7.44. The normalized spacial score (nSPS) is 11.2. The van der Waals surface area contributed by atoms with Crippen LogP contribution in [0.25, 0.3) is 0 Å². The van der Waals surface area contributed by atoms with Crippen LogP contribution < -0.4 is 4.74 Å². The van der Waals surface area contributed by atoms with Crippen LogP contribution >= 0.6 is 27.5 Å². The Bertz CT molecular complexity index is 763. The fourth-order valence-electron chi connectivity index (χ4n) is 1.92. The fourth-order valence-corrected chi connectivity index (χ4v) is 2.70. The van der Waals surface area contributed by atoms with Crippen molar-refractivity contribution >= 4 is 33.5 Å². The molecule has 0 amide bonds. The molecular formula is C16H11BrClF3O3. The fraction of sp³-hybridized carbons (Fsp3) is 0.188. The van der Waals surface area contributed by atoms with E-state index in [4.69, 9.17) is 16.3 Å². The lowest BCUT2D eigenvalue weighted by molar-refractivity contribution is -0.137. The van der Waals surface area contributed by atoms with E-state index in [9.17, 15) is 18.0 Å². The van der Waals surface area contributed by atoms with Gasteiger partial charge in [-0.2, -0.15) is 13.2 Å². The van der Waals surface area contributed by atoms with Crippen LogP contribution in [0.3, 0.4) is 0 Å². The van der Waals surface area contributed by atoms with Crippen LogP contribution in [0.4, 0.5) is 13.2 Å². The number of hydrogen-bond acceptors (Lipinski definition) is 3. The molecule has 24 heavy (non-hydrogen) atoms. The zero-order valence-electron chi connectivity index (χ0n) is 12.3. The van der Waals surface area contributed by atoms with Crippen LogP contribution in [0.2, 0.25) is 5.02 Å². The minimum atomic E-state index is -4.47. The number of carbonyl (C=O) groups excluding carboxylic acids is 1. The molecule has 0 aliphatic rings. The molecule has 0 aliphatic carbocycles. The molecule has 2 aromatic rings. The van der Waals surface area contributed by atoms with E-state index in [1.807, 2.05) is 0 Å². The number of rotatable bonds is 4. The predicted molar refractivity (Wildman–Crippen MR) is 86.3 cm³/mol. The molecule has 0 unspecified atom stereocenters. The van der Waals surface area contributed by atoms with E-state index in [1.165, 1.54) is 7.11 Å². The van der Waals surface area contributed by atoms with Gasteiger partial charge in [-0.05, 0) is 42.0 Å². The summed E-state index contributed by atoms with van der Waals surface area (Å²) in [5.41, 5.74) is 0.0972. The lowest BCUT2D eigenvalue weighted by Crippen LogP contribution is -2.06. The minimum Gasteiger partial charge on any atom is -0.487 e. The summed E-state index contributed by atoms with van der Waals surface area (Å²) in [6.07, 6.45) is -4.47. The Kier molecular flexibility index (Phi) is 5.77. The maximum absolute atomic E-state index is 12.6. The van der Waals surface area contributed by atoms with E-state index in [0.717, 1.165) is 18.2 Å². The average molecular weight is 424 g/mol. The molecule has 2 aromatic carbocycles. The summed E-state index contributed by atoms with van der Waals surface area (Å²) in [5, 5.41) is -0.145. The second-order valence-corrected chi connectivity index (χ2v) is 6.09. The van der Waals surface area contributed by atoms with Crippen molar-refractivity contribution in [3.63, 3.8) is 0 Å². The van der Waals surface area contributed by atoms with Gasteiger partial charge in [0.05, 0.1) is 23.3 Å². The quantitative estimate of drug-likeness (QED) is 0.610. The molecular weight excluding hydrogens is 413 g/mol. The van der Waals surface area contributed by atoms with Gasteiger partial charge in [0.2, 0.25) is 0 Å². The zero-order chi connectivity index (χ0) is 17.9. The van der Waals surface area contributed by atoms with Crippen molar-refractivity contribution in [2.45, 2.75) is 12.8 Å². The molecule has 0 aromatic heterocycles. The number of halogens is 5. The number of methoxy groups -OCH3 is 1. The van der Waals surface area contributed by atoms with E-state index >= 15 is 0 Å². The van der Waals surface area contributed by atoms with Crippen LogP contribution in [0.1, 0.15) is 21.5 Å². The average Bonchev–Trinajstić information content (AvgIpc) is 2.51. The van der Waals surface area contributed by atoms with Gasteiger partial charge in [-0.25, -0.2) is 4.79 Å². The predicted octanol–water partition coefficient (Wildman–Crippen LogP) is 5.49. The molecule has 0 bridgehead atoms. The van der Waals surface area contributed by atoms with Crippen molar-refractivity contribution in [2.24, 2.45) is 0 Å². The van der Waals surface area contributed by atoms with E-state index in [-0.39, 0.29) is 17.4 Å². The van der Waals surface area contributed by atoms with Gasteiger partial charge in [0, 0.05) is 4.47 Å². The van der Waals surface area contributed by atoms with Crippen molar-refractivity contribution < 1.29 is 27.4 Å². The SMILES string of the molecule is COC(=O)c1cc(Br)cc(COc2ccc(C(F)(F)F)cc2Cl)c1. The summed E-state index contributed by atoms with van der Waals surface area (Å²) in [4.78, 5) is 11.6. The molecule has 0 saturated heterocycles. The summed E-state index contributed by atoms with van der Waals surface area (Å²) in [7, 11) is 1.27. The van der Waals surface area contributed by atoms with Crippen LogP contribution in [0.15, 0.2) is 40.9 Å². The largest absolute Gasteiger partial charge is 0.487 e. The van der Waals surface area contributed by atoms with Crippen molar-refractivity contribution in [3.8, 4) is 5.75 Å². The zero-order valence-corrected chi connectivity index (χ0v) is 14.6. The molecule has 0 N–H and O–H groups in total. The Morgan fingerprint density at radius 3 is 2.50 bits per heavy atom. The number of esters is 1. The molecule has 0 saturated carbocycles. The smallest absolute Gasteiger partial charge is 0.416 e. The van der Waals surface area contributed by atoms with E-state index in [2.05, 4.69) is 20.7 Å². The standard InChI is InChI=1S/C16H11BrClF3O3/c1-23-15(22)10-4-9(5-12(17)6-10)8-24-14-3-2-11(7-13(14)18)16(19,20)21/h2-7H,8H2,1H3. The topological polar surface area (TPSA) is 35.5 Å². The second-order valence-electron chi connectivity index (χ2n) is 4.77. The van der Waals surface area contributed by atoms with E-state index in [0.29, 0.717) is 15.6 Å². The third-order valence-electron chi connectivity index (χ3n) is 3.03. The molecule has 0 spiro atoms. The van der Waals surface area contributed by atoms with Gasteiger partial charge in [0.1, 0.15) is 12.4 Å². The van der Waals surface area contributed by atoms with Gasteiger partial charge in [-0.3, -0.25) is 0 Å². The summed E-state index contributed by atoms with van der Waals surface area (Å²) in [5.74, 6) is -0.394. The highest BCUT2D eigenvalue weighted by atomic mass is 79.9. The minimum absolute atomic E-state index is 0.0223. The molecule has 0 atom stereocenters. The molecule has 128 valence electrons.